The second-order valence-electron chi connectivity index (χ2n) is 3.32. The molecule has 0 spiro atoms. The normalized spacial score (nSPS) is 12.9. The van der Waals surface area contributed by atoms with Crippen LogP contribution in [-0.4, -0.2) is 5.11 Å². The zero-order valence-electron chi connectivity index (χ0n) is 8.13. The molecule has 78 valence electrons. The number of rotatable bonds is 4. The Labute approximate surface area is 92.1 Å². The van der Waals surface area contributed by atoms with E-state index in [0.717, 1.165) is 24.8 Å². The molecule has 0 heterocycles. The molecule has 0 radical (unpaired) electrons. The molecule has 1 rings (SSSR count). The molecule has 0 aliphatic carbocycles. The number of halogens is 2. The average molecular weight is 261 g/mol. The van der Waals surface area contributed by atoms with Gasteiger partial charge in [-0.3, -0.25) is 0 Å². The Morgan fingerprint density at radius 1 is 1.50 bits per heavy atom. The molecule has 1 aromatic rings. The lowest BCUT2D eigenvalue weighted by Gasteiger charge is -2.12. The monoisotopic (exact) mass is 260 g/mol. The predicted octanol–water partition coefficient (Wildman–Crippen LogP) is 3.81. The number of unbranched alkanes of at least 4 members (excludes halogenated alkanes) is 1. The van der Waals surface area contributed by atoms with Gasteiger partial charge in [0, 0.05) is 4.47 Å². The van der Waals surface area contributed by atoms with E-state index in [1.807, 2.05) is 0 Å². The fourth-order valence-corrected chi connectivity index (χ4v) is 1.94. The van der Waals surface area contributed by atoms with Crippen LogP contribution in [0.15, 0.2) is 22.7 Å². The molecule has 3 heteroatoms. The first-order valence-electron chi connectivity index (χ1n) is 4.78. The average Bonchev–Trinajstić information content (AvgIpc) is 2.14. The Kier molecular flexibility index (Phi) is 4.55. The molecule has 14 heavy (non-hydrogen) atoms. The molecular formula is C11H14BrFO. The van der Waals surface area contributed by atoms with Crippen molar-refractivity contribution in [2.45, 2.75) is 32.3 Å². The maximum Gasteiger partial charge on any atom is 0.124 e. The third kappa shape index (κ3) is 3.07. The first-order valence-corrected chi connectivity index (χ1v) is 5.57. The van der Waals surface area contributed by atoms with Crippen LogP contribution >= 0.6 is 15.9 Å². The van der Waals surface area contributed by atoms with E-state index >= 15 is 0 Å². The third-order valence-corrected chi connectivity index (χ3v) is 2.84. The van der Waals surface area contributed by atoms with Crippen molar-refractivity contribution in [1.82, 2.24) is 0 Å². The summed E-state index contributed by atoms with van der Waals surface area (Å²) in [5.41, 5.74) is 0.764. The SMILES string of the molecule is CCCCC(O)c1ccc(F)cc1Br. The lowest BCUT2D eigenvalue weighted by atomic mass is 10.0. The molecule has 0 fully saturated rings. The summed E-state index contributed by atoms with van der Waals surface area (Å²) >= 11 is 3.24. The fourth-order valence-electron chi connectivity index (χ4n) is 1.32. The summed E-state index contributed by atoms with van der Waals surface area (Å²) in [7, 11) is 0. The molecular weight excluding hydrogens is 247 g/mol. The zero-order chi connectivity index (χ0) is 10.6. The van der Waals surface area contributed by atoms with Crippen LogP contribution in [0.3, 0.4) is 0 Å². The Morgan fingerprint density at radius 2 is 2.21 bits per heavy atom. The molecule has 0 bridgehead atoms. The van der Waals surface area contributed by atoms with E-state index in [4.69, 9.17) is 0 Å². The van der Waals surface area contributed by atoms with E-state index in [2.05, 4.69) is 22.9 Å². The quantitative estimate of drug-likeness (QED) is 0.873. The van der Waals surface area contributed by atoms with Gasteiger partial charge in [0.25, 0.3) is 0 Å². The Morgan fingerprint density at radius 3 is 2.79 bits per heavy atom. The maximum absolute atomic E-state index is 12.8. The first kappa shape index (κ1) is 11.7. The Bertz CT molecular complexity index is 301. The van der Waals surface area contributed by atoms with Crippen molar-refractivity contribution in [3.05, 3.63) is 34.1 Å². The van der Waals surface area contributed by atoms with Crippen LogP contribution in [-0.2, 0) is 0 Å². The van der Waals surface area contributed by atoms with Crippen molar-refractivity contribution in [2.24, 2.45) is 0 Å². The molecule has 1 aromatic carbocycles. The van der Waals surface area contributed by atoms with E-state index in [1.54, 1.807) is 6.07 Å². The number of hydrogen-bond donors (Lipinski definition) is 1. The molecule has 1 nitrogen and oxygen atoms in total. The Balaban J connectivity index is 2.74. The summed E-state index contributed by atoms with van der Waals surface area (Å²) in [6.45, 7) is 2.08. The molecule has 1 unspecified atom stereocenters. The van der Waals surface area contributed by atoms with Crippen LogP contribution in [0.4, 0.5) is 4.39 Å². The van der Waals surface area contributed by atoms with Gasteiger partial charge in [-0.1, -0.05) is 41.8 Å². The van der Waals surface area contributed by atoms with Crippen LogP contribution in [0.2, 0.25) is 0 Å². The largest absolute Gasteiger partial charge is 0.388 e. The highest BCUT2D eigenvalue weighted by atomic mass is 79.9. The molecule has 0 saturated carbocycles. The lowest BCUT2D eigenvalue weighted by molar-refractivity contribution is 0.163. The van der Waals surface area contributed by atoms with E-state index < -0.39 is 6.10 Å². The number of aliphatic hydroxyl groups excluding tert-OH is 1. The molecule has 1 atom stereocenters. The van der Waals surface area contributed by atoms with Crippen molar-refractivity contribution in [3.8, 4) is 0 Å². The van der Waals surface area contributed by atoms with E-state index in [-0.39, 0.29) is 5.82 Å². The highest BCUT2D eigenvalue weighted by Crippen LogP contribution is 2.27. The van der Waals surface area contributed by atoms with E-state index in [1.165, 1.54) is 12.1 Å². The molecule has 0 aliphatic heterocycles. The molecule has 0 aromatic heterocycles. The van der Waals surface area contributed by atoms with Crippen molar-refractivity contribution in [3.63, 3.8) is 0 Å². The lowest BCUT2D eigenvalue weighted by Crippen LogP contribution is -1.98. The summed E-state index contributed by atoms with van der Waals surface area (Å²) in [6, 6.07) is 4.37. The van der Waals surface area contributed by atoms with Crippen LogP contribution < -0.4 is 0 Å². The van der Waals surface area contributed by atoms with Gasteiger partial charge in [-0.15, -0.1) is 0 Å². The number of aliphatic hydroxyl groups is 1. The summed E-state index contributed by atoms with van der Waals surface area (Å²) in [4.78, 5) is 0. The minimum absolute atomic E-state index is 0.289. The second kappa shape index (κ2) is 5.47. The number of benzene rings is 1. The van der Waals surface area contributed by atoms with Gasteiger partial charge in [0.05, 0.1) is 6.10 Å². The van der Waals surface area contributed by atoms with Crippen molar-refractivity contribution >= 4 is 15.9 Å². The zero-order valence-corrected chi connectivity index (χ0v) is 9.72. The van der Waals surface area contributed by atoms with Crippen LogP contribution in [0.1, 0.15) is 37.9 Å². The predicted molar refractivity (Wildman–Crippen MR) is 58.6 cm³/mol. The molecule has 1 N–H and O–H groups in total. The van der Waals surface area contributed by atoms with Crippen LogP contribution in [0, 0.1) is 5.82 Å². The molecule has 0 aliphatic rings. The van der Waals surface area contributed by atoms with Crippen LogP contribution in [0.5, 0.6) is 0 Å². The van der Waals surface area contributed by atoms with Crippen LogP contribution in [0.25, 0.3) is 0 Å². The van der Waals surface area contributed by atoms with Gasteiger partial charge in [-0.05, 0) is 24.1 Å². The highest BCUT2D eigenvalue weighted by Gasteiger charge is 2.10. The summed E-state index contributed by atoms with van der Waals surface area (Å²) < 4.78 is 13.4. The van der Waals surface area contributed by atoms with Gasteiger partial charge in [-0.25, -0.2) is 4.39 Å². The summed E-state index contributed by atoms with van der Waals surface area (Å²) in [6.07, 6.45) is 2.26. The second-order valence-corrected chi connectivity index (χ2v) is 4.18. The van der Waals surface area contributed by atoms with Gasteiger partial charge in [0.15, 0.2) is 0 Å². The minimum Gasteiger partial charge on any atom is -0.388 e. The third-order valence-electron chi connectivity index (χ3n) is 2.15. The van der Waals surface area contributed by atoms with Crippen molar-refractivity contribution in [1.29, 1.82) is 0 Å². The first-order chi connectivity index (χ1) is 6.65. The maximum atomic E-state index is 12.8. The summed E-state index contributed by atoms with van der Waals surface area (Å²) in [5, 5.41) is 9.77. The highest BCUT2D eigenvalue weighted by molar-refractivity contribution is 9.10. The Hall–Kier alpha value is -0.410. The van der Waals surface area contributed by atoms with E-state index in [0.29, 0.717) is 4.47 Å². The molecule has 0 amide bonds. The van der Waals surface area contributed by atoms with Crippen molar-refractivity contribution in [2.75, 3.05) is 0 Å². The van der Waals surface area contributed by atoms with Gasteiger partial charge >= 0.3 is 0 Å². The smallest absolute Gasteiger partial charge is 0.124 e. The van der Waals surface area contributed by atoms with Crippen molar-refractivity contribution < 1.29 is 9.50 Å². The van der Waals surface area contributed by atoms with E-state index in [9.17, 15) is 9.50 Å². The number of hydrogen-bond acceptors (Lipinski definition) is 1. The fraction of sp³-hybridized carbons (Fsp3) is 0.455. The van der Waals surface area contributed by atoms with Gasteiger partial charge in [-0.2, -0.15) is 0 Å². The van der Waals surface area contributed by atoms with Gasteiger partial charge in [0.1, 0.15) is 5.82 Å². The topological polar surface area (TPSA) is 20.2 Å². The minimum atomic E-state index is -0.495. The standard InChI is InChI=1S/C11H14BrFO/c1-2-3-4-11(14)9-6-5-8(13)7-10(9)12/h5-7,11,14H,2-4H2,1H3. The van der Waals surface area contributed by atoms with Gasteiger partial charge in [0.2, 0.25) is 0 Å². The summed E-state index contributed by atoms with van der Waals surface area (Å²) in [5.74, 6) is -0.289. The van der Waals surface area contributed by atoms with Gasteiger partial charge < -0.3 is 5.11 Å². The molecule has 0 saturated heterocycles.